The maximum absolute atomic E-state index is 10.6. The van der Waals surface area contributed by atoms with Crippen molar-refractivity contribution in [1.82, 2.24) is 0 Å². The van der Waals surface area contributed by atoms with Gasteiger partial charge in [-0.3, -0.25) is 9.59 Å². The van der Waals surface area contributed by atoms with Crippen molar-refractivity contribution in [3.63, 3.8) is 0 Å². The first-order valence-electron chi connectivity index (χ1n) is 9.29. The lowest BCUT2D eigenvalue weighted by molar-refractivity contribution is -0.126. The van der Waals surface area contributed by atoms with Gasteiger partial charge < -0.3 is 16.6 Å². The molecule has 0 heterocycles. The standard InChI is InChI=1S/C18H36N2O3/c19-17(22)15-13-11-9-7-5-3-1-2-4-6-8-10-12-14-16(21)18(20)23/h16,21H,1-15H2,(H2,19,22)(H2,20,23). The number of hydrogen-bond acceptors (Lipinski definition) is 3. The van der Waals surface area contributed by atoms with Gasteiger partial charge in [-0.2, -0.15) is 0 Å². The fourth-order valence-corrected chi connectivity index (χ4v) is 2.72. The van der Waals surface area contributed by atoms with Crippen molar-refractivity contribution in [2.75, 3.05) is 0 Å². The van der Waals surface area contributed by atoms with Crippen LogP contribution in [0.15, 0.2) is 0 Å². The van der Waals surface area contributed by atoms with Crippen molar-refractivity contribution in [2.24, 2.45) is 11.5 Å². The van der Waals surface area contributed by atoms with E-state index in [1.54, 1.807) is 0 Å². The van der Waals surface area contributed by atoms with Crippen molar-refractivity contribution in [3.8, 4) is 0 Å². The van der Waals surface area contributed by atoms with Crippen LogP contribution < -0.4 is 11.5 Å². The van der Waals surface area contributed by atoms with Gasteiger partial charge in [0.2, 0.25) is 11.8 Å². The molecule has 0 fully saturated rings. The highest BCUT2D eigenvalue weighted by Gasteiger charge is 2.09. The van der Waals surface area contributed by atoms with Crippen LogP contribution in [0.1, 0.15) is 96.3 Å². The summed E-state index contributed by atoms with van der Waals surface area (Å²) in [7, 11) is 0. The average molecular weight is 328 g/mol. The molecule has 0 saturated carbocycles. The molecular formula is C18H36N2O3. The molecule has 2 amide bonds. The molecule has 0 rings (SSSR count). The van der Waals surface area contributed by atoms with E-state index in [-0.39, 0.29) is 5.91 Å². The van der Waals surface area contributed by atoms with Crippen LogP contribution in [0.5, 0.6) is 0 Å². The Hall–Kier alpha value is -1.10. The first kappa shape index (κ1) is 21.9. The van der Waals surface area contributed by atoms with Crippen molar-refractivity contribution < 1.29 is 14.7 Å². The Kier molecular flexibility index (Phi) is 15.0. The molecule has 0 aromatic carbocycles. The molecule has 0 aliphatic rings. The topological polar surface area (TPSA) is 106 Å². The van der Waals surface area contributed by atoms with Gasteiger partial charge in [-0.05, 0) is 12.8 Å². The number of amides is 2. The zero-order chi connectivity index (χ0) is 17.3. The minimum absolute atomic E-state index is 0.186. The fraction of sp³-hybridized carbons (Fsp3) is 0.889. The quantitative estimate of drug-likeness (QED) is 0.357. The van der Waals surface area contributed by atoms with Crippen LogP contribution in [0.2, 0.25) is 0 Å². The number of nitrogens with two attached hydrogens (primary N) is 2. The highest BCUT2D eigenvalue weighted by molar-refractivity contribution is 5.78. The Morgan fingerprint density at radius 3 is 1.35 bits per heavy atom. The zero-order valence-corrected chi connectivity index (χ0v) is 14.6. The second-order valence-electron chi connectivity index (χ2n) is 6.52. The Morgan fingerprint density at radius 1 is 0.652 bits per heavy atom. The van der Waals surface area contributed by atoms with Crippen molar-refractivity contribution in [2.45, 2.75) is 102 Å². The van der Waals surface area contributed by atoms with E-state index in [1.807, 2.05) is 0 Å². The summed E-state index contributed by atoms with van der Waals surface area (Å²) in [6, 6.07) is 0. The van der Waals surface area contributed by atoms with E-state index < -0.39 is 12.0 Å². The largest absolute Gasteiger partial charge is 0.383 e. The molecule has 23 heavy (non-hydrogen) atoms. The van der Waals surface area contributed by atoms with Gasteiger partial charge >= 0.3 is 0 Å². The molecule has 1 atom stereocenters. The summed E-state index contributed by atoms with van der Waals surface area (Å²) < 4.78 is 0. The van der Waals surface area contributed by atoms with Crippen LogP contribution in [0.3, 0.4) is 0 Å². The minimum Gasteiger partial charge on any atom is -0.383 e. The third-order valence-electron chi connectivity index (χ3n) is 4.23. The monoisotopic (exact) mass is 328 g/mol. The number of carbonyl (C=O) groups excluding carboxylic acids is 2. The van der Waals surface area contributed by atoms with Crippen LogP contribution in [0, 0.1) is 0 Å². The summed E-state index contributed by atoms with van der Waals surface area (Å²) in [4.78, 5) is 21.2. The van der Waals surface area contributed by atoms with Crippen LogP contribution in [-0.4, -0.2) is 23.0 Å². The zero-order valence-electron chi connectivity index (χ0n) is 14.6. The molecule has 5 N–H and O–H groups in total. The summed E-state index contributed by atoms with van der Waals surface area (Å²) >= 11 is 0. The van der Waals surface area contributed by atoms with Gasteiger partial charge in [-0.15, -0.1) is 0 Å². The fourth-order valence-electron chi connectivity index (χ4n) is 2.72. The molecule has 0 saturated heterocycles. The third-order valence-corrected chi connectivity index (χ3v) is 4.23. The number of aliphatic hydroxyl groups excluding tert-OH is 1. The van der Waals surface area contributed by atoms with E-state index >= 15 is 0 Å². The van der Waals surface area contributed by atoms with Gasteiger partial charge in [0.05, 0.1) is 0 Å². The normalized spacial score (nSPS) is 12.2. The molecule has 5 nitrogen and oxygen atoms in total. The molecule has 136 valence electrons. The lowest BCUT2D eigenvalue weighted by Crippen LogP contribution is -2.27. The maximum atomic E-state index is 10.6. The average Bonchev–Trinajstić information content (AvgIpc) is 2.50. The van der Waals surface area contributed by atoms with Crippen LogP contribution in [-0.2, 0) is 9.59 Å². The molecule has 0 aromatic rings. The summed E-state index contributed by atoms with van der Waals surface area (Å²) in [6.45, 7) is 0. The van der Waals surface area contributed by atoms with Gasteiger partial charge in [-0.1, -0.05) is 77.0 Å². The predicted octanol–water partition coefficient (Wildman–Crippen LogP) is 3.17. The summed E-state index contributed by atoms with van der Waals surface area (Å²) in [5.74, 6) is -0.799. The number of aliphatic hydroxyl groups is 1. The van der Waals surface area contributed by atoms with Gasteiger partial charge in [0.1, 0.15) is 6.10 Å². The molecule has 0 bridgehead atoms. The first-order valence-corrected chi connectivity index (χ1v) is 9.29. The first-order chi connectivity index (χ1) is 11.0. The van der Waals surface area contributed by atoms with Gasteiger partial charge in [-0.25, -0.2) is 0 Å². The predicted molar refractivity (Wildman–Crippen MR) is 93.7 cm³/mol. The lowest BCUT2D eigenvalue weighted by atomic mass is 10.0. The van der Waals surface area contributed by atoms with E-state index in [9.17, 15) is 14.7 Å². The Morgan fingerprint density at radius 2 is 1.00 bits per heavy atom. The summed E-state index contributed by atoms with van der Waals surface area (Å²) in [5, 5.41) is 9.25. The number of unbranched alkanes of at least 4 members (excludes halogenated alkanes) is 12. The van der Waals surface area contributed by atoms with E-state index in [4.69, 9.17) is 11.5 Å². The third kappa shape index (κ3) is 17.1. The van der Waals surface area contributed by atoms with Crippen molar-refractivity contribution in [1.29, 1.82) is 0 Å². The molecule has 0 aromatic heterocycles. The Labute approximate surface area is 141 Å². The summed E-state index contributed by atoms with van der Waals surface area (Å²) in [6.07, 6.45) is 15.4. The molecule has 0 spiro atoms. The van der Waals surface area contributed by atoms with E-state index in [1.165, 1.54) is 57.8 Å². The van der Waals surface area contributed by atoms with E-state index in [0.29, 0.717) is 12.8 Å². The van der Waals surface area contributed by atoms with Gasteiger partial charge in [0.25, 0.3) is 0 Å². The molecule has 0 radical (unpaired) electrons. The number of hydrogen-bond donors (Lipinski definition) is 3. The van der Waals surface area contributed by atoms with E-state index in [0.717, 1.165) is 25.7 Å². The Balaban J connectivity index is 3.08. The second kappa shape index (κ2) is 15.8. The van der Waals surface area contributed by atoms with Crippen LogP contribution in [0.4, 0.5) is 0 Å². The van der Waals surface area contributed by atoms with Crippen molar-refractivity contribution in [3.05, 3.63) is 0 Å². The highest BCUT2D eigenvalue weighted by Crippen LogP contribution is 2.13. The number of primary amides is 2. The summed E-state index contributed by atoms with van der Waals surface area (Å²) in [5.41, 5.74) is 10.1. The molecular weight excluding hydrogens is 292 g/mol. The van der Waals surface area contributed by atoms with Gasteiger partial charge in [0, 0.05) is 6.42 Å². The number of rotatable bonds is 17. The van der Waals surface area contributed by atoms with Crippen LogP contribution in [0.25, 0.3) is 0 Å². The SMILES string of the molecule is NC(=O)CCCCCCCCCCCCCCCC(O)C(N)=O. The second-order valence-corrected chi connectivity index (χ2v) is 6.52. The lowest BCUT2D eigenvalue weighted by Gasteiger charge is -2.06. The molecule has 1 unspecified atom stereocenters. The smallest absolute Gasteiger partial charge is 0.246 e. The van der Waals surface area contributed by atoms with Crippen LogP contribution >= 0.6 is 0 Å². The minimum atomic E-state index is -0.967. The highest BCUT2D eigenvalue weighted by atomic mass is 16.3. The Bertz CT molecular complexity index is 309. The van der Waals surface area contributed by atoms with Crippen molar-refractivity contribution >= 4 is 11.8 Å². The molecule has 0 aliphatic heterocycles. The maximum Gasteiger partial charge on any atom is 0.246 e. The molecule has 0 aliphatic carbocycles. The van der Waals surface area contributed by atoms with Gasteiger partial charge in [0.15, 0.2) is 0 Å². The number of carbonyl (C=O) groups is 2. The van der Waals surface area contributed by atoms with E-state index in [2.05, 4.69) is 0 Å². The molecule has 5 heteroatoms.